The monoisotopic (exact) mass is 225 g/mol. The fourth-order valence-electron chi connectivity index (χ4n) is 1.12. The van der Waals surface area contributed by atoms with E-state index in [1.165, 1.54) is 11.3 Å². The summed E-state index contributed by atoms with van der Waals surface area (Å²) in [6, 6.07) is 2.11. The van der Waals surface area contributed by atoms with Crippen LogP contribution in [0.3, 0.4) is 0 Å². The maximum absolute atomic E-state index is 3.72. The Labute approximate surface area is 99.7 Å². The van der Waals surface area contributed by atoms with E-state index in [4.69, 9.17) is 0 Å². The first-order valence-electron chi connectivity index (χ1n) is 5.17. The average molecular weight is 225 g/mol. The minimum Gasteiger partial charge on any atom is -0.359 e. The lowest BCUT2D eigenvalue weighted by Crippen LogP contribution is -1.73. The van der Waals surface area contributed by atoms with Crippen LogP contribution >= 0.6 is 12.6 Å². The van der Waals surface area contributed by atoms with Gasteiger partial charge in [0.25, 0.3) is 0 Å². The SMILES string of the molecule is C=Cc1[nH]c(C)cc1/C=C\C.CC.CS. The number of aromatic nitrogens is 1. The fourth-order valence-corrected chi connectivity index (χ4v) is 1.12. The summed E-state index contributed by atoms with van der Waals surface area (Å²) in [5.74, 6) is 0. The largest absolute Gasteiger partial charge is 0.359 e. The molecule has 0 amide bonds. The van der Waals surface area contributed by atoms with Gasteiger partial charge in [-0.15, -0.1) is 0 Å². The molecular weight excluding hydrogens is 202 g/mol. The Morgan fingerprint density at radius 1 is 1.33 bits per heavy atom. The van der Waals surface area contributed by atoms with Crippen molar-refractivity contribution in [2.24, 2.45) is 0 Å². The molecule has 15 heavy (non-hydrogen) atoms. The molecule has 0 fully saturated rings. The molecule has 0 aliphatic rings. The summed E-state index contributed by atoms with van der Waals surface area (Å²) in [7, 11) is 0. The number of nitrogens with one attached hydrogen (secondary N) is 1. The average Bonchev–Trinajstić information content (AvgIpc) is 2.65. The maximum Gasteiger partial charge on any atom is 0.0449 e. The highest BCUT2D eigenvalue weighted by Gasteiger charge is 1.97. The van der Waals surface area contributed by atoms with Gasteiger partial charge in [-0.05, 0) is 37.8 Å². The van der Waals surface area contributed by atoms with E-state index in [0.717, 1.165) is 5.69 Å². The normalized spacial score (nSPS) is 8.67. The Bertz CT molecular complexity index is 285. The van der Waals surface area contributed by atoms with Crippen LogP contribution in [-0.2, 0) is 0 Å². The van der Waals surface area contributed by atoms with E-state index in [1.807, 2.05) is 39.8 Å². The first kappa shape index (κ1) is 16.5. The van der Waals surface area contributed by atoms with Gasteiger partial charge in [0.1, 0.15) is 0 Å². The molecule has 0 bridgehead atoms. The number of hydrogen-bond acceptors (Lipinski definition) is 1. The van der Waals surface area contributed by atoms with Gasteiger partial charge in [0.15, 0.2) is 0 Å². The second-order valence-electron chi connectivity index (χ2n) is 2.53. The van der Waals surface area contributed by atoms with E-state index in [-0.39, 0.29) is 0 Å². The van der Waals surface area contributed by atoms with Crippen molar-refractivity contribution in [1.82, 2.24) is 4.98 Å². The molecule has 0 unspecified atom stereocenters. The molecule has 0 atom stereocenters. The first-order valence-corrected chi connectivity index (χ1v) is 6.07. The topological polar surface area (TPSA) is 15.8 Å². The predicted molar refractivity (Wildman–Crippen MR) is 76.6 cm³/mol. The van der Waals surface area contributed by atoms with E-state index < -0.39 is 0 Å². The Morgan fingerprint density at radius 3 is 2.27 bits per heavy atom. The number of rotatable bonds is 2. The number of thiol groups is 1. The van der Waals surface area contributed by atoms with E-state index in [9.17, 15) is 0 Å². The molecule has 0 spiro atoms. The molecule has 1 aromatic heterocycles. The minimum atomic E-state index is 1.10. The van der Waals surface area contributed by atoms with Crippen molar-refractivity contribution in [3.05, 3.63) is 35.7 Å². The van der Waals surface area contributed by atoms with Crippen LogP contribution in [0, 0.1) is 6.92 Å². The smallest absolute Gasteiger partial charge is 0.0449 e. The molecule has 1 rings (SSSR count). The third kappa shape index (κ3) is 6.24. The van der Waals surface area contributed by atoms with Gasteiger partial charge in [0.05, 0.1) is 0 Å². The quantitative estimate of drug-likeness (QED) is 0.686. The summed E-state index contributed by atoms with van der Waals surface area (Å²) in [4.78, 5) is 3.21. The van der Waals surface area contributed by atoms with Gasteiger partial charge in [0, 0.05) is 11.4 Å². The number of hydrogen-bond donors (Lipinski definition) is 2. The summed E-state index contributed by atoms with van der Waals surface area (Å²) in [6.45, 7) is 11.8. The third-order valence-electron chi connectivity index (χ3n) is 1.57. The van der Waals surface area contributed by atoms with Gasteiger partial charge in [0.2, 0.25) is 0 Å². The summed E-state index contributed by atoms with van der Waals surface area (Å²) in [6.07, 6.45) is 7.62. The lowest BCUT2D eigenvalue weighted by molar-refractivity contribution is 1.25. The molecule has 2 heteroatoms. The van der Waals surface area contributed by atoms with Crippen molar-refractivity contribution in [3.63, 3.8) is 0 Å². The standard InChI is InChI=1S/C10H13N.C2H6.CH4S/c1-4-6-9-7-8(3)11-10(9)5-2;2*1-2/h4-7,11H,2H2,1,3H3;1-2H3;2H,1H3/b6-4-;;. The number of allylic oxidation sites excluding steroid dienone is 1. The Balaban J connectivity index is 0. The summed E-state index contributed by atoms with van der Waals surface area (Å²) < 4.78 is 0. The Morgan fingerprint density at radius 2 is 1.87 bits per heavy atom. The lowest BCUT2D eigenvalue weighted by atomic mass is 10.2. The van der Waals surface area contributed by atoms with Crippen LogP contribution in [0.25, 0.3) is 12.2 Å². The molecule has 0 saturated heterocycles. The molecule has 1 aromatic rings. The molecule has 0 saturated carbocycles. The minimum absolute atomic E-state index is 1.10. The molecule has 1 heterocycles. The molecule has 1 N–H and O–H groups in total. The van der Waals surface area contributed by atoms with Gasteiger partial charge < -0.3 is 4.98 Å². The van der Waals surface area contributed by atoms with Gasteiger partial charge in [-0.25, -0.2) is 0 Å². The van der Waals surface area contributed by atoms with E-state index in [0.29, 0.717) is 0 Å². The van der Waals surface area contributed by atoms with Crippen LogP contribution < -0.4 is 0 Å². The number of H-pyrrole nitrogens is 1. The lowest BCUT2D eigenvalue weighted by Gasteiger charge is -1.88. The van der Waals surface area contributed by atoms with Crippen LogP contribution in [0.4, 0.5) is 0 Å². The summed E-state index contributed by atoms with van der Waals surface area (Å²) in [5.41, 5.74) is 3.48. The van der Waals surface area contributed by atoms with Crippen molar-refractivity contribution in [2.75, 3.05) is 6.26 Å². The molecule has 0 radical (unpaired) electrons. The highest BCUT2D eigenvalue weighted by molar-refractivity contribution is 7.79. The second-order valence-corrected chi connectivity index (χ2v) is 2.53. The summed E-state index contributed by atoms with van der Waals surface area (Å²) >= 11 is 3.53. The van der Waals surface area contributed by atoms with Crippen LogP contribution in [0.5, 0.6) is 0 Å². The van der Waals surface area contributed by atoms with Crippen LogP contribution in [0.15, 0.2) is 18.7 Å². The van der Waals surface area contributed by atoms with Crippen LogP contribution in [-0.4, -0.2) is 11.2 Å². The molecule has 86 valence electrons. The summed E-state index contributed by atoms with van der Waals surface area (Å²) in [5, 5.41) is 0. The zero-order chi connectivity index (χ0) is 12.3. The van der Waals surface area contributed by atoms with Crippen molar-refractivity contribution >= 4 is 24.8 Å². The number of aryl methyl sites for hydroxylation is 1. The molecule has 0 aliphatic carbocycles. The van der Waals surface area contributed by atoms with Gasteiger partial charge in [-0.1, -0.05) is 32.6 Å². The van der Waals surface area contributed by atoms with Crippen molar-refractivity contribution < 1.29 is 0 Å². The molecule has 0 aliphatic heterocycles. The second kappa shape index (κ2) is 11.2. The van der Waals surface area contributed by atoms with E-state index in [1.54, 1.807) is 6.26 Å². The van der Waals surface area contributed by atoms with E-state index >= 15 is 0 Å². The molecule has 0 aromatic carbocycles. The first-order chi connectivity index (χ1) is 7.27. The highest BCUT2D eigenvalue weighted by atomic mass is 32.1. The highest BCUT2D eigenvalue weighted by Crippen LogP contribution is 2.12. The van der Waals surface area contributed by atoms with E-state index in [2.05, 4.69) is 36.3 Å². The maximum atomic E-state index is 3.72. The van der Waals surface area contributed by atoms with Gasteiger partial charge in [-0.3, -0.25) is 0 Å². The van der Waals surface area contributed by atoms with Gasteiger partial charge in [-0.2, -0.15) is 12.6 Å². The predicted octanol–water partition coefficient (Wildman–Crippen LogP) is 4.57. The third-order valence-corrected chi connectivity index (χ3v) is 1.57. The Kier molecular flexibility index (Phi) is 12.3. The van der Waals surface area contributed by atoms with Crippen molar-refractivity contribution in [2.45, 2.75) is 27.7 Å². The fraction of sp³-hybridized carbons (Fsp3) is 0.385. The van der Waals surface area contributed by atoms with Crippen molar-refractivity contribution in [1.29, 1.82) is 0 Å². The molecular formula is C13H23NS. The van der Waals surface area contributed by atoms with Gasteiger partial charge >= 0.3 is 0 Å². The molecule has 1 nitrogen and oxygen atoms in total. The zero-order valence-corrected chi connectivity index (χ0v) is 11.4. The van der Waals surface area contributed by atoms with Crippen molar-refractivity contribution in [3.8, 4) is 0 Å². The zero-order valence-electron chi connectivity index (χ0n) is 10.5. The Hall–Kier alpha value is -0.890. The number of aromatic amines is 1. The van der Waals surface area contributed by atoms with Crippen LogP contribution in [0.1, 0.15) is 37.7 Å². The van der Waals surface area contributed by atoms with Crippen LogP contribution in [0.2, 0.25) is 0 Å².